The summed E-state index contributed by atoms with van der Waals surface area (Å²) in [6.07, 6.45) is 0. The van der Waals surface area contributed by atoms with Crippen molar-refractivity contribution in [2.45, 2.75) is 32.9 Å². The molecule has 164 valence electrons. The Morgan fingerprint density at radius 1 is 1.10 bits per heavy atom. The van der Waals surface area contributed by atoms with Gasteiger partial charge < -0.3 is 26.2 Å². The van der Waals surface area contributed by atoms with Gasteiger partial charge in [0.15, 0.2) is 5.96 Å². The van der Waals surface area contributed by atoms with Crippen molar-refractivity contribution in [1.29, 1.82) is 0 Å². The van der Waals surface area contributed by atoms with Gasteiger partial charge in [0.2, 0.25) is 5.91 Å². The first-order valence-corrected chi connectivity index (χ1v) is 9.38. The predicted molar refractivity (Wildman–Crippen MR) is 129 cm³/mol. The number of benzene rings is 1. The number of halogens is 1. The molecule has 0 aliphatic rings. The molecule has 0 aliphatic heterocycles. The van der Waals surface area contributed by atoms with Crippen molar-refractivity contribution in [2.24, 2.45) is 4.99 Å². The average molecular weight is 518 g/mol. The molecule has 9 heteroatoms. The second kappa shape index (κ2) is 13.4. The number of carbonyl (C=O) groups is 2. The lowest BCUT2D eigenvalue weighted by atomic mass is 10.1. The molecule has 1 aromatic rings. The van der Waals surface area contributed by atoms with E-state index in [1.807, 2.05) is 58.0 Å². The Kier molecular flexibility index (Phi) is 12.5. The summed E-state index contributed by atoms with van der Waals surface area (Å²) in [7, 11) is 5.57. The lowest BCUT2D eigenvalue weighted by Gasteiger charge is -2.21. The van der Waals surface area contributed by atoms with Crippen LogP contribution in [0.5, 0.6) is 0 Å². The fraction of sp³-hybridized carbons (Fsp3) is 0.550. The molecule has 0 atom stereocenters. The summed E-state index contributed by atoms with van der Waals surface area (Å²) >= 11 is 0. The summed E-state index contributed by atoms with van der Waals surface area (Å²) in [6, 6.07) is 7.42. The van der Waals surface area contributed by atoms with E-state index >= 15 is 0 Å². The van der Waals surface area contributed by atoms with Gasteiger partial charge >= 0.3 is 0 Å². The van der Waals surface area contributed by atoms with Crippen LogP contribution in [-0.4, -0.2) is 69.0 Å². The maximum absolute atomic E-state index is 12.2. The lowest BCUT2D eigenvalue weighted by Crippen LogP contribution is -2.48. The van der Waals surface area contributed by atoms with Crippen LogP contribution in [0.2, 0.25) is 0 Å². The second-order valence-electron chi connectivity index (χ2n) is 7.84. The topological polar surface area (TPSA) is 97.9 Å². The fourth-order valence-corrected chi connectivity index (χ4v) is 2.35. The minimum atomic E-state index is -0.275. The largest absolute Gasteiger partial charge is 0.352 e. The monoisotopic (exact) mass is 518 g/mol. The minimum Gasteiger partial charge on any atom is -0.352 e. The first-order chi connectivity index (χ1) is 13.1. The number of guanidine groups is 1. The van der Waals surface area contributed by atoms with Crippen molar-refractivity contribution >= 4 is 41.8 Å². The van der Waals surface area contributed by atoms with E-state index in [-0.39, 0.29) is 47.9 Å². The maximum atomic E-state index is 12.2. The molecule has 0 heterocycles. The van der Waals surface area contributed by atoms with Gasteiger partial charge in [-0.1, -0.05) is 12.1 Å². The fourth-order valence-electron chi connectivity index (χ4n) is 2.35. The Labute approximate surface area is 191 Å². The highest BCUT2D eigenvalue weighted by atomic mass is 127. The average Bonchev–Trinajstić information content (AvgIpc) is 2.60. The molecule has 1 rings (SSSR count). The van der Waals surface area contributed by atoms with Crippen LogP contribution in [0.4, 0.5) is 0 Å². The van der Waals surface area contributed by atoms with Gasteiger partial charge in [-0.2, -0.15) is 0 Å². The molecule has 0 unspecified atom stereocenters. The Balaban J connectivity index is 0.00000784. The number of nitrogens with zero attached hydrogens (tertiary/aromatic N) is 2. The molecule has 29 heavy (non-hydrogen) atoms. The van der Waals surface area contributed by atoms with E-state index in [2.05, 4.69) is 26.3 Å². The Morgan fingerprint density at radius 3 is 2.38 bits per heavy atom. The number of hydrogen-bond acceptors (Lipinski definition) is 4. The summed E-state index contributed by atoms with van der Waals surface area (Å²) in [4.78, 5) is 30.3. The zero-order chi connectivity index (χ0) is 21.2. The van der Waals surface area contributed by atoms with Gasteiger partial charge in [-0.3, -0.25) is 14.6 Å². The maximum Gasteiger partial charge on any atom is 0.251 e. The minimum absolute atomic E-state index is 0. The van der Waals surface area contributed by atoms with Crippen LogP contribution >= 0.6 is 24.0 Å². The summed E-state index contributed by atoms with van der Waals surface area (Å²) in [5.74, 6) is 0.321. The summed E-state index contributed by atoms with van der Waals surface area (Å²) in [6.45, 7) is 7.80. The number of rotatable bonds is 8. The van der Waals surface area contributed by atoms with Crippen LogP contribution in [0.1, 0.15) is 36.7 Å². The van der Waals surface area contributed by atoms with Gasteiger partial charge in [-0.15, -0.1) is 24.0 Å². The quantitative estimate of drug-likeness (QED) is 0.236. The number of aliphatic imine (C=N–C) groups is 1. The molecular formula is C20H35IN6O2. The summed E-state index contributed by atoms with van der Waals surface area (Å²) in [5, 5.41) is 11.9. The molecule has 2 amide bonds. The van der Waals surface area contributed by atoms with Crippen LogP contribution < -0.4 is 21.3 Å². The van der Waals surface area contributed by atoms with Crippen LogP contribution in [-0.2, 0) is 11.3 Å². The smallest absolute Gasteiger partial charge is 0.251 e. The standard InChI is InChI=1S/C20H34N6O2.HI/c1-20(2,3)25-17(27)14-24-19(21-4)23-13-15-8-7-9-16(12-15)18(28)22-10-11-26(5)6;/h7-9,12H,10-11,13-14H2,1-6H3,(H,22,28)(H,25,27)(H2,21,23,24);1H. The van der Waals surface area contributed by atoms with Crippen molar-refractivity contribution in [3.8, 4) is 0 Å². The molecule has 0 radical (unpaired) electrons. The van der Waals surface area contributed by atoms with Crippen molar-refractivity contribution in [1.82, 2.24) is 26.2 Å². The highest BCUT2D eigenvalue weighted by molar-refractivity contribution is 14.0. The molecule has 4 N–H and O–H groups in total. The van der Waals surface area contributed by atoms with Crippen molar-refractivity contribution in [2.75, 3.05) is 40.8 Å². The third-order valence-corrected chi connectivity index (χ3v) is 3.65. The first kappa shape index (κ1) is 27.1. The van der Waals surface area contributed by atoms with Crippen LogP contribution in [0, 0.1) is 0 Å². The van der Waals surface area contributed by atoms with Gasteiger partial charge in [-0.25, -0.2) is 0 Å². The Hall–Kier alpha value is -1.88. The number of amides is 2. The lowest BCUT2D eigenvalue weighted by molar-refractivity contribution is -0.121. The van der Waals surface area contributed by atoms with E-state index in [0.717, 1.165) is 12.1 Å². The van der Waals surface area contributed by atoms with Crippen LogP contribution in [0.15, 0.2) is 29.3 Å². The van der Waals surface area contributed by atoms with Gasteiger partial charge in [0.25, 0.3) is 5.91 Å². The van der Waals surface area contributed by atoms with Gasteiger partial charge in [-0.05, 0) is 52.6 Å². The Morgan fingerprint density at radius 2 is 1.79 bits per heavy atom. The zero-order valence-electron chi connectivity index (χ0n) is 18.3. The van der Waals surface area contributed by atoms with E-state index in [1.165, 1.54) is 0 Å². The normalized spacial score (nSPS) is 11.5. The number of carbonyl (C=O) groups excluding carboxylic acids is 2. The van der Waals surface area contributed by atoms with Crippen molar-refractivity contribution in [3.63, 3.8) is 0 Å². The van der Waals surface area contributed by atoms with Gasteiger partial charge in [0.1, 0.15) is 0 Å². The highest BCUT2D eigenvalue weighted by Crippen LogP contribution is 2.05. The Bertz CT molecular complexity index is 686. The third-order valence-electron chi connectivity index (χ3n) is 3.65. The van der Waals surface area contributed by atoms with E-state index in [0.29, 0.717) is 24.6 Å². The summed E-state index contributed by atoms with van der Waals surface area (Å²) in [5.41, 5.74) is 1.29. The van der Waals surface area contributed by atoms with Gasteiger partial charge in [0, 0.05) is 37.8 Å². The molecule has 8 nitrogen and oxygen atoms in total. The molecule has 0 bridgehead atoms. The molecule has 0 aromatic heterocycles. The SMILES string of the molecule is CN=C(NCC(=O)NC(C)(C)C)NCc1cccc(C(=O)NCCN(C)C)c1.I. The molecule has 1 aromatic carbocycles. The zero-order valence-corrected chi connectivity index (χ0v) is 20.6. The van der Waals surface area contributed by atoms with E-state index in [9.17, 15) is 9.59 Å². The molecular weight excluding hydrogens is 483 g/mol. The second-order valence-corrected chi connectivity index (χ2v) is 7.84. The third kappa shape index (κ3) is 12.3. The molecule has 0 saturated carbocycles. The molecule has 0 fully saturated rings. The van der Waals surface area contributed by atoms with Crippen molar-refractivity contribution < 1.29 is 9.59 Å². The van der Waals surface area contributed by atoms with E-state index in [1.54, 1.807) is 13.1 Å². The predicted octanol–water partition coefficient (Wildman–Crippen LogP) is 1.18. The number of hydrogen-bond donors (Lipinski definition) is 4. The first-order valence-electron chi connectivity index (χ1n) is 9.38. The van der Waals surface area contributed by atoms with E-state index < -0.39 is 0 Å². The van der Waals surface area contributed by atoms with Gasteiger partial charge in [0.05, 0.1) is 6.54 Å². The molecule has 0 spiro atoms. The van der Waals surface area contributed by atoms with Crippen LogP contribution in [0.25, 0.3) is 0 Å². The molecule has 0 saturated heterocycles. The number of likely N-dealkylation sites (N-methyl/N-ethyl adjacent to an activating group) is 1. The van der Waals surface area contributed by atoms with E-state index in [4.69, 9.17) is 0 Å². The highest BCUT2D eigenvalue weighted by Gasteiger charge is 2.13. The van der Waals surface area contributed by atoms with Crippen molar-refractivity contribution in [3.05, 3.63) is 35.4 Å². The molecule has 0 aliphatic carbocycles. The number of nitrogens with one attached hydrogen (secondary N) is 4. The van der Waals surface area contributed by atoms with Crippen LogP contribution in [0.3, 0.4) is 0 Å². The summed E-state index contributed by atoms with van der Waals surface area (Å²) < 4.78 is 0.